The van der Waals surface area contributed by atoms with E-state index in [2.05, 4.69) is 19.1 Å². The zero-order valence-corrected chi connectivity index (χ0v) is 11.6. The van der Waals surface area contributed by atoms with Gasteiger partial charge in [-0.3, -0.25) is 4.99 Å². The summed E-state index contributed by atoms with van der Waals surface area (Å²) < 4.78 is 5.37. The Hall–Kier alpha value is -2.09. The number of hydrogen-bond donors (Lipinski definition) is 0. The van der Waals surface area contributed by atoms with E-state index in [0.29, 0.717) is 0 Å². The van der Waals surface area contributed by atoms with Crippen LogP contribution in [0.5, 0.6) is 5.75 Å². The normalized spacial score (nSPS) is 13.1. The van der Waals surface area contributed by atoms with Gasteiger partial charge in [-0.25, -0.2) is 0 Å². The maximum atomic E-state index is 5.37. The number of aliphatic imine (C=N–C) groups is 1. The lowest BCUT2D eigenvalue weighted by Gasteiger charge is -2.11. The molecule has 0 fully saturated rings. The molecule has 2 aromatic rings. The molecule has 2 nitrogen and oxygen atoms in total. The van der Waals surface area contributed by atoms with Crippen LogP contribution in [0, 0.1) is 0 Å². The van der Waals surface area contributed by atoms with E-state index >= 15 is 0 Å². The Morgan fingerprint density at radius 2 is 1.63 bits per heavy atom. The highest BCUT2D eigenvalue weighted by Gasteiger charge is 2.08. The van der Waals surface area contributed by atoms with Crippen molar-refractivity contribution in [2.45, 2.75) is 19.9 Å². The van der Waals surface area contributed by atoms with E-state index in [-0.39, 0.29) is 6.04 Å². The van der Waals surface area contributed by atoms with Crippen molar-refractivity contribution in [1.82, 2.24) is 0 Å². The third kappa shape index (κ3) is 3.22. The summed E-state index contributed by atoms with van der Waals surface area (Å²) in [5, 5.41) is 0. The van der Waals surface area contributed by atoms with Crippen molar-refractivity contribution in [3.05, 3.63) is 65.7 Å². The summed E-state index contributed by atoms with van der Waals surface area (Å²) >= 11 is 0. The molecule has 1 atom stereocenters. The van der Waals surface area contributed by atoms with E-state index in [1.807, 2.05) is 49.4 Å². The molecular weight excluding hydrogens is 234 g/mol. The van der Waals surface area contributed by atoms with Crippen molar-refractivity contribution < 1.29 is 4.74 Å². The molecule has 2 heteroatoms. The monoisotopic (exact) mass is 253 g/mol. The molecule has 2 rings (SSSR count). The molecule has 0 spiro atoms. The lowest BCUT2D eigenvalue weighted by atomic mass is 10.1. The molecule has 2 aromatic carbocycles. The maximum absolute atomic E-state index is 5.37. The average molecular weight is 253 g/mol. The summed E-state index contributed by atoms with van der Waals surface area (Å²) in [6.45, 7) is 4.13. The summed E-state index contributed by atoms with van der Waals surface area (Å²) in [5.74, 6) is 0.865. The zero-order chi connectivity index (χ0) is 13.7. The quantitative estimate of drug-likeness (QED) is 0.746. The van der Waals surface area contributed by atoms with Crippen LogP contribution in [0.15, 0.2) is 59.6 Å². The number of benzene rings is 2. The van der Waals surface area contributed by atoms with Crippen LogP contribution in [-0.2, 0) is 0 Å². The van der Waals surface area contributed by atoms with Crippen LogP contribution < -0.4 is 4.74 Å². The standard InChI is InChI=1S/C17H19NO/c1-13(15-9-5-4-6-10-15)18-14(2)16-11-7-8-12-17(16)19-3/h4-13H,1-3H3. The third-order valence-corrected chi connectivity index (χ3v) is 3.17. The minimum atomic E-state index is 0.145. The molecule has 0 N–H and O–H groups in total. The molecule has 0 heterocycles. The van der Waals surface area contributed by atoms with Crippen molar-refractivity contribution in [2.75, 3.05) is 7.11 Å². The van der Waals surface area contributed by atoms with Crippen LogP contribution in [-0.4, -0.2) is 12.8 Å². The van der Waals surface area contributed by atoms with E-state index in [9.17, 15) is 0 Å². The van der Waals surface area contributed by atoms with Gasteiger partial charge in [0, 0.05) is 11.3 Å². The third-order valence-electron chi connectivity index (χ3n) is 3.17. The lowest BCUT2D eigenvalue weighted by Crippen LogP contribution is -2.01. The summed E-state index contributed by atoms with van der Waals surface area (Å²) in [4.78, 5) is 4.76. The van der Waals surface area contributed by atoms with E-state index in [1.165, 1.54) is 5.56 Å². The molecule has 0 aliphatic carbocycles. The Morgan fingerprint density at radius 1 is 1.00 bits per heavy atom. The zero-order valence-electron chi connectivity index (χ0n) is 11.6. The van der Waals surface area contributed by atoms with Gasteiger partial charge in [-0.05, 0) is 31.5 Å². The maximum Gasteiger partial charge on any atom is 0.127 e. The highest BCUT2D eigenvalue weighted by Crippen LogP contribution is 2.22. The molecule has 0 saturated heterocycles. The van der Waals surface area contributed by atoms with Crippen molar-refractivity contribution in [3.8, 4) is 5.75 Å². The first-order chi connectivity index (χ1) is 9.22. The summed E-state index contributed by atoms with van der Waals surface area (Å²) in [7, 11) is 1.69. The molecular formula is C17H19NO. The first-order valence-corrected chi connectivity index (χ1v) is 6.45. The molecule has 0 bridgehead atoms. The Bertz CT molecular complexity index is 560. The number of methoxy groups -OCH3 is 1. The van der Waals surface area contributed by atoms with Crippen molar-refractivity contribution in [1.29, 1.82) is 0 Å². The van der Waals surface area contributed by atoms with Crippen molar-refractivity contribution >= 4 is 5.71 Å². The van der Waals surface area contributed by atoms with E-state index < -0.39 is 0 Å². The first-order valence-electron chi connectivity index (χ1n) is 6.45. The molecule has 98 valence electrons. The Kier molecular flexibility index (Phi) is 4.35. The van der Waals surface area contributed by atoms with Gasteiger partial charge in [-0.2, -0.15) is 0 Å². The summed E-state index contributed by atoms with van der Waals surface area (Å²) in [6, 6.07) is 18.4. The first kappa shape index (κ1) is 13.3. The number of para-hydroxylation sites is 1. The van der Waals surface area contributed by atoms with Crippen molar-refractivity contribution in [3.63, 3.8) is 0 Å². The molecule has 0 saturated carbocycles. The van der Waals surface area contributed by atoms with Crippen molar-refractivity contribution in [2.24, 2.45) is 4.99 Å². The fourth-order valence-electron chi connectivity index (χ4n) is 2.11. The van der Waals surface area contributed by atoms with E-state index in [1.54, 1.807) is 7.11 Å². The molecule has 0 aliphatic heterocycles. The second kappa shape index (κ2) is 6.19. The van der Waals surface area contributed by atoms with Gasteiger partial charge in [-0.15, -0.1) is 0 Å². The van der Waals surface area contributed by atoms with Gasteiger partial charge in [0.25, 0.3) is 0 Å². The topological polar surface area (TPSA) is 21.6 Å². The van der Waals surface area contributed by atoms with Crippen LogP contribution >= 0.6 is 0 Å². The Balaban J connectivity index is 2.28. The van der Waals surface area contributed by atoms with Gasteiger partial charge in [-0.1, -0.05) is 42.5 Å². The number of hydrogen-bond acceptors (Lipinski definition) is 2. The van der Waals surface area contributed by atoms with Gasteiger partial charge in [0.05, 0.1) is 13.2 Å². The molecule has 0 radical (unpaired) electrons. The fourth-order valence-corrected chi connectivity index (χ4v) is 2.11. The molecule has 1 unspecified atom stereocenters. The van der Waals surface area contributed by atoms with Crippen LogP contribution in [0.2, 0.25) is 0 Å². The molecule has 0 aliphatic rings. The fraction of sp³-hybridized carbons (Fsp3) is 0.235. The minimum Gasteiger partial charge on any atom is -0.496 e. The van der Waals surface area contributed by atoms with Gasteiger partial charge in [0.1, 0.15) is 5.75 Å². The lowest BCUT2D eigenvalue weighted by molar-refractivity contribution is 0.414. The SMILES string of the molecule is COc1ccccc1C(C)=NC(C)c1ccccc1. The average Bonchev–Trinajstić information content (AvgIpc) is 2.48. The Labute approximate surface area is 114 Å². The summed E-state index contributed by atoms with van der Waals surface area (Å²) in [5.41, 5.74) is 3.26. The number of ether oxygens (including phenoxy) is 1. The second-order valence-electron chi connectivity index (χ2n) is 4.50. The second-order valence-corrected chi connectivity index (χ2v) is 4.50. The van der Waals surface area contributed by atoms with Crippen LogP contribution in [0.25, 0.3) is 0 Å². The summed E-state index contributed by atoms with van der Waals surface area (Å²) in [6.07, 6.45) is 0. The van der Waals surface area contributed by atoms with Gasteiger partial charge in [0.15, 0.2) is 0 Å². The van der Waals surface area contributed by atoms with Crippen LogP contribution in [0.4, 0.5) is 0 Å². The largest absolute Gasteiger partial charge is 0.496 e. The van der Waals surface area contributed by atoms with Gasteiger partial charge >= 0.3 is 0 Å². The predicted molar refractivity (Wildman–Crippen MR) is 80.1 cm³/mol. The molecule has 0 amide bonds. The highest BCUT2D eigenvalue weighted by atomic mass is 16.5. The van der Waals surface area contributed by atoms with Crippen LogP contribution in [0.3, 0.4) is 0 Å². The van der Waals surface area contributed by atoms with E-state index in [0.717, 1.165) is 17.0 Å². The van der Waals surface area contributed by atoms with Gasteiger partial charge in [0.2, 0.25) is 0 Å². The number of rotatable bonds is 4. The minimum absolute atomic E-state index is 0.145. The molecule has 19 heavy (non-hydrogen) atoms. The van der Waals surface area contributed by atoms with Gasteiger partial charge < -0.3 is 4.74 Å². The van der Waals surface area contributed by atoms with Crippen LogP contribution in [0.1, 0.15) is 31.0 Å². The smallest absolute Gasteiger partial charge is 0.127 e. The van der Waals surface area contributed by atoms with E-state index in [4.69, 9.17) is 9.73 Å². The molecule has 0 aromatic heterocycles. The highest BCUT2D eigenvalue weighted by molar-refractivity contribution is 6.01. The number of nitrogens with zero attached hydrogens (tertiary/aromatic N) is 1. The predicted octanol–water partition coefficient (Wildman–Crippen LogP) is 4.27. The Morgan fingerprint density at radius 3 is 2.32 bits per heavy atom.